The Labute approximate surface area is 129 Å². The van der Waals surface area contributed by atoms with Crippen LogP contribution in [0.15, 0.2) is 36.5 Å². The molecule has 1 aromatic heterocycles. The molecule has 0 aliphatic carbocycles. The normalized spacial score (nSPS) is 18.3. The number of likely N-dealkylation sites (tertiary alicyclic amines) is 1. The van der Waals surface area contributed by atoms with Crippen LogP contribution in [0.25, 0.3) is 5.69 Å². The second-order valence-corrected chi connectivity index (χ2v) is 5.99. The molecule has 3 heterocycles. The van der Waals surface area contributed by atoms with E-state index in [2.05, 4.69) is 34.3 Å². The molecule has 0 unspecified atom stereocenters. The van der Waals surface area contributed by atoms with Crippen molar-refractivity contribution < 1.29 is 9.53 Å². The van der Waals surface area contributed by atoms with E-state index in [1.807, 2.05) is 17.0 Å². The van der Waals surface area contributed by atoms with E-state index >= 15 is 0 Å². The number of carbonyl (C=O) groups is 1. The number of carbonyl (C=O) groups excluding carboxylic acids is 1. The van der Waals surface area contributed by atoms with Crippen molar-refractivity contribution in [3.05, 3.63) is 42.2 Å². The topological polar surface area (TPSA) is 46.5 Å². The number of piperidine rings is 1. The molecule has 2 aromatic rings. The van der Waals surface area contributed by atoms with E-state index in [0.29, 0.717) is 0 Å². The fourth-order valence-electron chi connectivity index (χ4n) is 3.65. The summed E-state index contributed by atoms with van der Waals surface area (Å²) in [6.07, 6.45) is 4.87. The third-order valence-electron chi connectivity index (χ3n) is 4.88. The smallest absolute Gasteiger partial charge is 0.209 e. The van der Waals surface area contributed by atoms with Crippen LogP contribution in [0.2, 0.25) is 0 Å². The van der Waals surface area contributed by atoms with Crippen LogP contribution in [0.4, 0.5) is 5.69 Å². The van der Waals surface area contributed by atoms with E-state index in [0.717, 1.165) is 49.5 Å². The fraction of sp³-hybridized carbons (Fsp3) is 0.353. The van der Waals surface area contributed by atoms with Crippen molar-refractivity contribution in [2.45, 2.75) is 18.4 Å². The average Bonchev–Trinajstić information content (AvgIpc) is 3.06. The Morgan fingerprint density at radius 2 is 2.09 bits per heavy atom. The van der Waals surface area contributed by atoms with Crippen molar-refractivity contribution in [2.24, 2.45) is 0 Å². The van der Waals surface area contributed by atoms with Gasteiger partial charge in [0.1, 0.15) is 5.75 Å². The summed E-state index contributed by atoms with van der Waals surface area (Å²) in [5.41, 5.74) is 3.39. The molecule has 0 radical (unpaired) electrons. The highest BCUT2D eigenvalue weighted by molar-refractivity contribution is 5.69. The Kier molecular flexibility index (Phi) is 2.89. The molecule has 1 fully saturated rings. The van der Waals surface area contributed by atoms with Crippen LogP contribution >= 0.6 is 0 Å². The minimum absolute atomic E-state index is 0.109. The molecule has 1 N–H and O–H groups in total. The maximum Gasteiger partial charge on any atom is 0.209 e. The van der Waals surface area contributed by atoms with Gasteiger partial charge in [0.2, 0.25) is 6.41 Å². The number of methoxy groups -OCH3 is 1. The summed E-state index contributed by atoms with van der Waals surface area (Å²) >= 11 is 0. The number of nitrogens with zero attached hydrogens (tertiary/aromatic N) is 2. The first-order valence-electron chi connectivity index (χ1n) is 7.59. The SMILES string of the molecule is COc1ccc2c(c1)NC1(CCN(C=O)CC1)c1cccn1-2. The van der Waals surface area contributed by atoms with Crippen molar-refractivity contribution >= 4 is 12.1 Å². The summed E-state index contributed by atoms with van der Waals surface area (Å²) in [6.45, 7) is 1.56. The zero-order valence-corrected chi connectivity index (χ0v) is 12.6. The maximum atomic E-state index is 11.0. The van der Waals surface area contributed by atoms with Gasteiger partial charge in [-0.05, 0) is 37.1 Å². The number of nitrogens with one attached hydrogen (secondary N) is 1. The molecule has 5 heteroatoms. The van der Waals surface area contributed by atoms with Gasteiger partial charge >= 0.3 is 0 Å². The van der Waals surface area contributed by atoms with Crippen LogP contribution in [-0.2, 0) is 10.3 Å². The highest BCUT2D eigenvalue weighted by Crippen LogP contribution is 2.44. The van der Waals surface area contributed by atoms with Gasteiger partial charge in [0, 0.05) is 31.0 Å². The first-order valence-corrected chi connectivity index (χ1v) is 7.59. The predicted molar refractivity (Wildman–Crippen MR) is 84.5 cm³/mol. The Hall–Kier alpha value is -2.43. The molecule has 0 saturated carbocycles. The van der Waals surface area contributed by atoms with Gasteiger partial charge in [-0.2, -0.15) is 0 Å². The zero-order chi connectivity index (χ0) is 15.2. The van der Waals surface area contributed by atoms with Crippen LogP contribution < -0.4 is 10.1 Å². The highest BCUT2D eigenvalue weighted by atomic mass is 16.5. The van der Waals surface area contributed by atoms with Crippen molar-refractivity contribution in [1.82, 2.24) is 9.47 Å². The van der Waals surface area contributed by atoms with Gasteiger partial charge in [-0.15, -0.1) is 0 Å². The molecule has 1 aromatic carbocycles. The van der Waals surface area contributed by atoms with E-state index in [1.165, 1.54) is 5.69 Å². The van der Waals surface area contributed by atoms with Crippen molar-refractivity contribution in [1.29, 1.82) is 0 Å². The van der Waals surface area contributed by atoms with Gasteiger partial charge in [-0.25, -0.2) is 0 Å². The number of hydrogen-bond acceptors (Lipinski definition) is 3. The lowest BCUT2D eigenvalue weighted by atomic mass is 9.82. The molecule has 114 valence electrons. The number of aromatic nitrogens is 1. The summed E-state index contributed by atoms with van der Waals surface area (Å²) in [5.74, 6) is 0.849. The number of benzene rings is 1. The molecule has 0 bridgehead atoms. The third kappa shape index (κ3) is 1.81. The molecule has 2 aliphatic heterocycles. The van der Waals surface area contributed by atoms with Crippen LogP contribution in [-0.4, -0.2) is 36.1 Å². The van der Waals surface area contributed by atoms with E-state index in [1.54, 1.807) is 7.11 Å². The standard InChI is InChI=1S/C17H19N3O2/c1-22-13-4-5-15-14(11-13)18-17(16-3-2-8-20(15)16)6-9-19(12-21)10-7-17/h2-5,8,11-12,18H,6-7,9-10H2,1H3. The molecule has 2 aliphatic rings. The number of anilines is 1. The van der Waals surface area contributed by atoms with E-state index < -0.39 is 0 Å². The summed E-state index contributed by atoms with van der Waals surface area (Å²) in [5, 5.41) is 3.73. The molecule has 0 atom stereocenters. The minimum Gasteiger partial charge on any atom is -0.497 e. The van der Waals surface area contributed by atoms with Crippen molar-refractivity contribution in [2.75, 3.05) is 25.5 Å². The van der Waals surface area contributed by atoms with E-state index in [4.69, 9.17) is 4.74 Å². The maximum absolute atomic E-state index is 11.0. The van der Waals surface area contributed by atoms with Gasteiger partial charge in [-0.1, -0.05) is 0 Å². The third-order valence-corrected chi connectivity index (χ3v) is 4.88. The zero-order valence-electron chi connectivity index (χ0n) is 12.6. The lowest BCUT2D eigenvalue weighted by molar-refractivity contribution is -0.119. The molecular weight excluding hydrogens is 278 g/mol. The lowest BCUT2D eigenvalue weighted by Gasteiger charge is -2.45. The predicted octanol–water partition coefficient (Wildman–Crippen LogP) is 2.36. The molecule has 22 heavy (non-hydrogen) atoms. The molecule has 1 saturated heterocycles. The van der Waals surface area contributed by atoms with Gasteiger partial charge < -0.3 is 19.5 Å². The van der Waals surface area contributed by atoms with Crippen molar-refractivity contribution in [3.8, 4) is 11.4 Å². The second kappa shape index (κ2) is 4.80. The first-order chi connectivity index (χ1) is 10.8. The van der Waals surface area contributed by atoms with E-state index in [-0.39, 0.29) is 5.54 Å². The van der Waals surface area contributed by atoms with Crippen LogP contribution in [0.3, 0.4) is 0 Å². The number of amides is 1. The summed E-state index contributed by atoms with van der Waals surface area (Å²) in [7, 11) is 1.68. The number of hydrogen-bond donors (Lipinski definition) is 1. The van der Waals surface area contributed by atoms with E-state index in [9.17, 15) is 4.79 Å². The minimum atomic E-state index is -0.109. The van der Waals surface area contributed by atoms with Crippen LogP contribution in [0.1, 0.15) is 18.5 Å². The van der Waals surface area contributed by atoms with Gasteiger partial charge in [0.05, 0.1) is 24.0 Å². The quantitative estimate of drug-likeness (QED) is 0.866. The molecular formula is C17H19N3O2. The molecule has 1 amide bonds. The Balaban J connectivity index is 1.79. The Morgan fingerprint density at radius 3 is 2.82 bits per heavy atom. The lowest BCUT2D eigenvalue weighted by Crippen LogP contribution is -2.49. The number of fused-ring (bicyclic) bond motifs is 4. The average molecular weight is 297 g/mol. The van der Waals surface area contributed by atoms with Crippen molar-refractivity contribution in [3.63, 3.8) is 0 Å². The van der Waals surface area contributed by atoms with Gasteiger partial charge in [0.25, 0.3) is 0 Å². The number of rotatable bonds is 2. The first kappa shape index (κ1) is 13.2. The Bertz CT molecular complexity index is 714. The van der Waals surface area contributed by atoms with Gasteiger partial charge in [-0.3, -0.25) is 4.79 Å². The molecule has 1 spiro atoms. The Morgan fingerprint density at radius 1 is 1.27 bits per heavy atom. The van der Waals surface area contributed by atoms with Gasteiger partial charge in [0.15, 0.2) is 0 Å². The van der Waals surface area contributed by atoms with Crippen LogP contribution in [0, 0.1) is 0 Å². The molecule has 4 rings (SSSR count). The van der Waals surface area contributed by atoms with Crippen LogP contribution in [0.5, 0.6) is 5.75 Å². The molecule has 5 nitrogen and oxygen atoms in total. The summed E-state index contributed by atoms with van der Waals surface area (Å²) < 4.78 is 7.61. The second-order valence-electron chi connectivity index (χ2n) is 5.99. The number of ether oxygens (including phenoxy) is 1. The monoisotopic (exact) mass is 297 g/mol. The largest absolute Gasteiger partial charge is 0.497 e. The highest BCUT2D eigenvalue weighted by Gasteiger charge is 2.41. The summed E-state index contributed by atoms with van der Waals surface area (Å²) in [4.78, 5) is 12.8. The fourth-order valence-corrected chi connectivity index (χ4v) is 3.65. The summed E-state index contributed by atoms with van der Waals surface area (Å²) in [6, 6.07) is 10.4.